The van der Waals surface area contributed by atoms with E-state index in [4.69, 9.17) is 20.1 Å². The number of carbonyl (C=O) groups is 1. The van der Waals surface area contributed by atoms with Gasteiger partial charge in [0.05, 0.1) is 0 Å². The van der Waals surface area contributed by atoms with Gasteiger partial charge in [0.15, 0.2) is 0 Å². The van der Waals surface area contributed by atoms with Crippen molar-refractivity contribution in [2.45, 2.75) is 6.92 Å². The van der Waals surface area contributed by atoms with E-state index in [1.165, 1.54) is 0 Å². The average Bonchev–Trinajstić information content (AvgIpc) is 2.31. The molecule has 0 saturated carbocycles. The SMILES string of the molecule is CC(=O)[O-].Oc1ccccc1.Oc1ccccc1.[Na+]. The molecule has 0 bridgehead atoms. The third-order valence-corrected chi connectivity index (χ3v) is 1.51. The number of benzene rings is 2. The fourth-order valence-electron chi connectivity index (χ4n) is 0.856. The van der Waals surface area contributed by atoms with Gasteiger partial charge in [0.25, 0.3) is 0 Å². The summed E-state index contributed by atoms with van der Waals surface area (Å²) in [6.45, 7) is 0.972. The summed E-state index contributed by atoms with van der Waals surface area (Å²) in [5.41, 5.74) is 0. The van der Waals surface area contributed by atoms with E-state index in [1.807, 2.05) is 12.1 Å². The van der Waals surface area contributed by atoms with Crippen molar-refractivity contribution in [1.29, 1.82) is 0 Å². The van der Waals surface area contributed by atoms with Gasteiger partial charge in [-0.15, -0.1) is 0 Å². The van der Waals surface area contributed by atoms with Crippen LogP contribution >= 0.6 is 0 Å². The Balaban J connectivity index is 0. The molecule has 0 spiro atoms. The average molecular weight is 270 g/mol. The minimum atomic E-state index is -1.08. The maximum atomic E-state index is 8.89. The molecule has 0 saturated heterocycles. The summed E-state index contributed by atoms with van der Waals surface area (Å²) < 4.78 is 0. The van der Waals surface area contributed by atoms with Crippen LogP contribution in [0, 0.1) is 0 Å². The van der Waals surface area contributed by atoms with E-state index in [9.17, 15) is 0 Å². The molecule has 0 amide bonds. The predicted molar refractivity (Wildman–Crippen MR) is 66.9 cm³/mol. The van der Waals surface area contributed by atoms with Crippen LogP contribution in [0.15, 0.2) is 60.7 Å². The maximum absolute atomic E-state index is 8.89. The van der Waals surface area contributed by atoms with Crippen LogP contribution in [0.25, 0.3) is 0 Å². The second-order valence-electron chi connectivity index (χ2n) is 3.16. The Morgan fingerprint density at radius 2 is 1.05 bits per heavy atom. The Morgan fingerprint density at radius 3 is 1.16 bits per heavy atom. The van der Waals surface area contributed by atoms with Crippen molar-refractivity contribution in [3.05, 3.63) is 60.7 Å². The molecular formula is C14H15NaO4. The Labute approximate surface area is 134 Å². The minimum Gasteiger partial charge on any atom is -0.550 e. The molecule has 0 radical (unpaired) electrons. The second kappa shape index (κ2) is 13.0. The molecule has 0 heterocycles. The van der Waals surface area contributed by atoms with E-state index < -0.39 is 5.97 Å². The van der Waals surface area contributed by atoms with Gasteiger partial charge in [-0.3, -0.25) is 0 Å². The molecule has 2 rings (SSSR count). The van der Waals surface area contributed by atoms with Crippen LogP contribution in [0.1, 0.15) is 6.92 Å². The third-order valence-electron chi connectivity index (χ3n) is 1.51. The Hall–Kier alpha value is -1.49. The molecule has 2 aromatic rings. The van der Waals surface area contributed by atoms with Crippen LogP contribution in [0.5, 0.6) is 11.5 Å². The monoisotopic (exact) mass is 270 g/mol. The third kappa shape index (κ3) is 16.5. The number of rotatable bonds is 0. The van der Waals surface area contributed by atoms with Crippen LogP contribution in [-0.4, -0.2) is 16.2 Å². The molecule has 0 unspecified atom stereocenters. The van der Waals surface area contributed by atoms with Gasteiger partial charge in [-0.05, 0) is 31.2 Å². The molecule has 2 N–H and O–H groups in total. The van der Waals surface area contributed by atoms with Crippen LogP contribution < -0.4 is 34.7 Å². The first-order valence-corrected chi connectivity index (χ1v) is 5.18. The molecular weight excluding hydrogens is 255 g/mol. The predicted octanol–water partition coefficient (Wildman–Crippen LogP) is -1.46. The number of para-hydroxylation sites is 2. The van der Waals surface area contributed by atoms with E-state index in [0.29, 0.717) is 11.5 Å². The number of phenols is 2. The van der Waals surface area contributed by atoms with Gasteiger partial charge in [-0.1, -0.05) is 36.4 Å². The summed E-state index contributed by atoms with van der Waals surface area (Å²) in [5.74, 6) is -0.440. The Kier molecular flexibility index (Phi) is 13.5. The molecule has 0 aromatic heterocycles. The van der Waals surface area contributed by atoms with E-state index in [2.05, 4.69) is 0 Å². The first-order valence-electron chi connectivity index (χ1n) is 5.18. The van der Waals surface area contributed by atoms with Gasteiger partial charge in [0.2, 0.25) is 0 Å². The first-order chi connectivity index (χ1) is 8.52. The molecule has 5 heteroatoms. The van der Waals surface area contributed by atoms with E-state index in [-0.39, 0.29) is 29.6 Å². The molecule has 0 atom stereocenters. The number of phenolic OH excluding ortho intramolecular Hbond substituents is 2. The smallest absolute Gasteiger partial charge is 0.550 e. The molecule has 0 aliphatic carbocycles. The van der Waals surface area contributed by atoms with Crippen LogP contribution in [0.4, 0.5) is 0 Å². The molecule has 0 fully saturated rings. The van der Waals surface area contributed by atoms with E-state index >= 15 is 0 Å². The van der Waals surface area contributed by atoms with Crippen molar-refractivity contribution < 1.29 is 49.7 Å². The summed E-state index contributed by atoms with van der Waals surface area (Å²) in [6.07, 6.45) is 0. The van der Waals surface area contributed by atoms with Crippen LogP contribution in [0.2, 0.25) is 0 Å². The van der Waals surface area contributed by atoms with Crippen molar-refractivity contribution in [1.82, 2.24) is 0 Å². The van der Waals surface area contributed by atoms with Gasteiger partial charge in [0, 0.05) is 5.97 Å². The van der Waals surface area contributed by atoms with Crippen molar-refractivity contribution in [3.63, 3.8) is 0 Å². The fraction of sp³-hybridized carbons (Fsp3) is 0.0714. The van der Waals surface area contributed by atoms with Crippen molar-refractivity contribution >= 4 is 5.97 Å². The number of carbonyl (C=O) groups excluding carboxylic acids is 1. The fourth-order valence-corrected chi connectivity index (χ4v) is 0.856. The first kappa shape index (κ1) is 19.8. The van der Waals surface area contributed by atoms with Crippen molar-refractivity contribution in [3.8, 4) is 11.5 Å². The van der Waals surface area contributed by atoms with Gasteiger partial charge in [0.1, 0.15) is 11.5 Å². The quantitative estimate of drug-likeness (QED) is 0.574. The summed E-state index contributed by atoms with van der Waals surface area (Å²) >= 11 is 0. The maximum Gasteiger partial charge on any atom is 1.00 e. The van der Waals surface area contributed by atoms with Gasteiger partial charge >= 0.3 is 29.6 Å². The van der Waals surface area contributed by atoms with E-state index in [1.54, 1.807) is 48.5 Å². The zero-order valence-electron chi connectivity index (χ0n) is 11.0. The summed E-state index contributed by atoms with van der Waals surface area (Å²) in [6, 6.07) is 17.4. The largest absolute Gasteiger partial charge is 1.00 e. The molecule has 4 nitrogen and oxygen atoms in total. The molecule has 0 aliphatic heterocycles. The van der Waals surface area contributed by atoms with Gasteiger partial charge < -0.3 is 20.1 Å². The van der Waals surface area contributed by atoms with Crippen LogP contribution in [-0.2, 0) is 4.79 Å². The topological polar surface area (TPSA) is 80.6 Å². The second-order valence-corrected chi connectivity index (χ2v) is 3.16. The summed E-state index contributed by atoms with van der Waals surface area (Å²) in [5, 5.41) is 26.2. The number of hydrogen-bond acceptors (Lipinski definition) is 4. The van der Waals surface area contributed by atoms with Gasteiger partial charge in [-0.25, -0.2) is 0 Å². The Morgan fingerprint density at radius 1 is 0.842 bits per heavy atom. The van der Waals surface area contributed by atoms with Crippen LogP contribution in [0.3, 0.4) is 0 Å². The Bertz CT molecular complexity index is 390. The summed E-state index contributed by atoms with van der Waals surface area (Å²) in [4.78, 5) is 8.89. The number of carboxylic acid groups (broad SMARTS) is 1. The van der Waals surface area contributed by atoms with Gasteiger partial charge in [-0.2, -0.15) is 0 Å². The number of aromatic hydroxyl groups is 2. The van der Waals surface area contributed by atoms with Crippen molar-refractivity contribution in [2.24, 2.45) is 0 Å². The summed E-state index contributed by atoms with van der Waals surface area (Å²) in [7, 11) is 0. The zero-order valence-corrected chi connectivity index (χ0v) is 13.0. The normalized spacial score (nSPS) is 7.63. The minimum absolute atomic E-state index is 0. The molecule has 19 heavy (non-hydrogen) atoms. The number of aliphatic carboxylic acids is 1. The standard InChI is InChI=1S/2C6H6O.C2H4O2.Na/c2*7-6-4-2-1-3-5-6;1-2(3)4;/h2*1-5,7H;1H3,(H,3,4);/q;;;+1/p-1. The number of hydrogen-bond donors (Lipinski definition) is 2. The molecule has 96 valence electrons. The van der Waals surface area contributed by atoms with E-state index in [0.717, 1.165) is 6.92 Å². The molecule has 2 aromatic carbocycles. The molecule has 0 aliphatic rings. The van der Waals surface area contributed by atoms with Crippen molar-refractivity contribution in [2.75, 3.05) is 0 Å². The zero-order chi connectivity index (χ0) is 13.8. The number of carboxylic acids is 1.